The highest BCUT2D eigenvalue weighted by Gasteiger charge is 2.31. The third kappa shape index (κ3) is 2.20. The Morgan fingerprint density at radius 2 is 2.13 bits per heavy atom. The molecule has 15 heavy (non-hydrogen) atoms. The van der Waals surface area contributed by atoms with Crippen LogP contribution in [0.3, 0.4) is 0 Å². The Hall–Kier alpha value is -1.30. The molecule has 0 aliphatic heterocycles. The lowest BCUT2D eigenvalue weighted by atomic mass is 10.0. The molecule has 3 N–H and O–H groups in total. The molecule has 0 atom stereocenters. The zero-order valence-electron chi connectivity index (χ0n) is 8.18. The summed E-state index contributed by atoms with van der Waals surface area (Å²) in [7, 11) is -3.24. The largest absolute Gasteiger partial charge is 0.397 e. The van der Waals surface area contributed by atoms with Gasteiger partial charge in [-0.3, -0.25) is 4.72 Å². The number of aromatic nitrogens is 1. The summed E-state index contributed by atoms with van der Waals surface area (Å²) in [5, 5.41) is -0.253. The minimum absolute atomic E-state index is 0.253. The molecule has 2 rings (SSSR count). The molecule has 0 bridgehead atoms. The summed E-state index contributed by atoms with van der Waals surface area (Å²) in [6.07, 6.45) is 3.90. The molecule has 0 amide bonds. The van der Waals surface area contributed by atoms with Crippen LogP contribution in [0.25, 0.3) is 0 Å². The second-order valence-corrected chi connectivity index (χ2v) is 5.64. The van der Waals surface area contributed by atoms with E-state index < -0.39 is 10.0 Å². The third-order valence-electron chi connectivity index (χ3n) is 2.52. The van der Waals surface area contributed by atoms with Crippen molar-refractivity contribution in [2.75, 3.05) is 10.5 Å². The van der Waals surface area contributed by atoms with E-state index in [1.54, 1.807) is 12.1 Å². The predicted molar refractivity (Wildman–Crippen MR) is 58.8 cm³/mol. The monoisotopic (exact) mass is 227 g/mol. The number of anilines is 2. The molecule has 1 aliphatic rings. The molecule has 1 saturated carbocycles. The fraction of sp³-hybridized carbons (Fsp3) is 0.444. The van der Waals surface area contributed by atoms with Crippen LogP contribution in [0.15, 0.2) is 18.3 Å². The van der Waals surface area contributed by atoms with Crippen molar-refractivity contribution in [1.29, 1.82) is 0 Å². The molecule has 0 unspecified atom stereocenters. The summed E-state index contributed by atoms with van der Waals surface area (Å²) >= 11 is 0. The molecule has 0 saturated heterocycles. The highest BCUT2D eigenvalue weighted by atomic mass is 32.2. The highest BCUT2D eigenvalue weighted by Crippen LogP contribution is 2.27. The first kappa shape index (κ1) is 10.2. The number of nitrogens with two attached hydrogens (primary N) is 1. The first-order chi connectivity index (χ1) is 7.08. The van der Waals surface area contributed by atoms with Crippen LogP contribution >= 0.6 is 0 Å². The van der Waals surface area contributed by atoms with Crippen molar-refractivity contribution in [3.8, 4) is 0 Å². The third-order valence-corrected chi connectivity index (χ3v) is 4.37. The van der Waals surface area contributed by atoms with Crippen molar-refractivity contribution < 1.29 is 8.42 Å². The van der Waals surface area contributed by atoms with Crippen LogP contribution in [0.5, 0.6) is 0 Å². The molecule has 0 radical (unpaired) electrons. The van der Waals surface area contributed by atoms with Gasteiger partial charge in [0.2, 0.25) is 10.0 Å². The van der Waals surface area contributed by atoms with E-state index in [0.29, 0.717) is 11.5 Å². The van der Waals surface area contributed by atoms with E-state index in [2.05, 4.69) is 9.71 Å². The maximum Gasteiger partial charge on any atom is 0.236 e. The number of rotatable bonds is 3. The molecular formula is C9H13N3O2S. The number of hydrogen-bond donors (Lipinski definition) is 2. The van der Waals surface area contributed by atoms with Crippen molar-refractivity contribution in [1.82, 2.24) is 4.98 Å². The average Bonchev–Trinajstić information content (AvgIpc) is 2.04. The van der Waals surface area contributed by atoms with Gasteiger partial charge in [-0.05, 0) is 25.0 Å². The van der Waals surface area contributed by atoms with Crippen LogP contribution in [0.2, 0.25) is 0 Å². The summed E-state index contributed by atoms with van der Waals surface area (Å²) in [5.74, 6) is 0.330. The number of sulfonamides is 1. The summed E-state index contributed by atoms with van der Waals surface area (Å²) in [5.41, 5.74) is 5.96. The smallest absolute Gasteiger partial charge is 0.236 e. The van der Waals surface area contributed by atoms with Crippen LogP contribution in [-0.4, -0.2) is 18.7 Å². The zero-order valence-corrected chi connectivity index (χ0v) is 9.00. The van der Waals surface area contributed by atoms with Gasteiger partial charge in [0.1, 0.15) is 5.82 Å². The van der Waals surface area contributed by atoms with Crippen LogP contribution in [0, 0.1) is 0 Å². The number of nitrogens with zero attached hydrogens (tertiary/aromatic N) is 1. The summed E-state index contributed by atoms with van der Waals surface area (Å²) < 4.78 is 25.8. The standard InChI is InChI=1S/C9H13N3O2S/c10-7-4-5-9(11-6-7)12-15(13,14)8-2-1-3-8/h4-6,8H,1-3,10H2,(H,11,12). The normalized spacial score (nSPS) is 17.1. The SMILES string of the molecule is Nc1ccc(NS(=O)(=O)C2CCC2)nc1. The van der Waals surface area contributed by atoms with Crippen LogP contribution in [0.4, 0.5) is 11.5 Å². The maximum absolute atomic E-state index is 11.7. The molecule has 1 aliphatic carbocycles. The van der Waals surface area contributed by atoms with Gasteiger partial charge in [0.25, 0.3) is 0 Å². The molecule has 6 heteroatoms. The van der Waals surface area contributed by atoms with E-state index in [1.165, 1.54) is 6.20 Å². The Morgan fingerprint density at radius 3 is 2.60 bits per heavy atom. The Balaban J connectivity index is 2.11. The van der Waals surface area contributed by atoms with E-state index in [1.807, 2.05) is 0 Å². The maximum atomic E-state index is 11.7. The first-order valence-electron chi connectivity index (χ1n) is 4.81. The number of pyridine rings is 1. The van der Waals surface area contributed by atoms with Crippen LogP contribution < -0.4 is 10.5 Å². The lowest BCUT2D eigenvalue weighted by Crippen LogP contribution is -2.33. The van der Waals surface area contributed by atoms with E-state index in [-0.39, 0.29) is 5.25 Å². The number of hydrogen-bond acceptors (Lipinski definition) is 4. The van der Waals surface area contributed by atoms with Crippen molar-refractivity contribution in [3.63, 3.8) is 0 Å². The Labute approximate surface area is 88.8 Å². The fourth-order valence-electron chi connectivity index (χ4n) is 1.38. The summed E-state index contributed by atoms with van der Waals surface area (Å²) in [6, 6.07) is 3.18. The molecule has 1 heterocycles. The molecule has 1 fully saturated rings. The highest BCUT2D eigenvalue weighted by molar-refractivity contribution is 7.93. The molecule has 1 aromatic heterocycles. The summed E-state index contributed by atoms with van der Waals surface area (Å²) in [4.78, 5) is 3.89. The average molecular weight is 227 g/mol. The van der Waals surface area contributed by atoms with Gasteiger partial charge < -0.3 is 5.73 Å². The van der Waals surface area contributed by atoms with Gasteiger partial charge >= 0.3 is 0 Å². The van der Waals surface area contributed by atoms with Crippen molar-refractivity contribution in [2.24, 2.45) is 0 Å². The van der Waals surface area contributed by atoms with Crippen molar-refractivity contribution >= 4 is 21.5 Å². The number of nitrogens with one attached hydrogen (secondary N) is 1. The van der Waals surface area contributed by atoms with E-state index in [4.69, 9.17) is 5.73 Å². The van der Waals surface area contributed by atoms with Crippen molar-refractivity contribution in [2.45, 2.75) is 24.5 Å². The quantitative estimate of drug-likeness (QED) is 0.805. The molecule has 82 valence electrons. The Morgan fingerprint density at radius 1 is 1.40 bits per heavy atom. The fourth-order valence-corrected chi connectivity index (χ4v) is 2.91. The van der Waals surface area contributed by atoms with Gasteiger partial charge in [0.15, 0.2) is 0 Å². The Bertz CT molecular complexity index is 437. The lowest BCUT2D eigenvalue weighted by molar-refractivity contribution is 0.479. The predicted octanol–water partition coefficient (Wildman–Crippen LogP) is 0.958. The van der Waals surface area contributed by atoms with Gasteiger partial charge in [-0.15, -0.1) is 0 Å². The van der Waals surface area contributed by atoms with E-state index in [9.17, 15) is 8.42 Å². The molecular weight excluding hydrogens is 214 g/mol. The van der Waals surface area contributed by atoms with Gasteiger partial charge in [-0.2, -0.15) is 0 Å². The zero-order chi connectivity index (χ0) is 10.9. The van der Waals surface area contributed by atoms with Gasteiger partial charge in [-0.25, -0.2) is 13.4 Å². The second-order valence-electron chi connectivity index (χ2n) is 3.68. The minimum atomic E-state index is -3.24. The lowest BCUT2D eigenvalue weighted by Gasteiger charge is -2.25. The van der Waals surface area contributed by atoms with Crippen LogP contribution in [0.1, 0.15) is 19.3 Å². The molecule has 0 spiro atoms. The van der Waals surface area contributed by atoms with Gasteiger partial charge in [-0.1, -0.05) is 6.42 Å². The number of nitrogen functional groups attached to an aromatic ring is 1. The van der Waals surface area contributed by atoms with Crippen LogP contribution in [-0.2, 0) is 10.0 Å². The Kier molecular flexibility index (Phi) is 2.52. The first-order valence-corrected chi connectivity index (χ1v) is 6.36. The van der Waals surface area contributed by atoms with Gasteiger partial charge in [0.05, 0.1) is 17.1 Å². The van der Waals surface area contributed by atoms with Crippen molar-refractivity contribution in [3.05, 3.63) is 18.3 Å². The van der Waals surface area contributed by atoms with Gasteiger partial charge in [0, 0.05) is 0 Å². The minimum Gasteiger partial charge on any atom is -0.397 e. The molecule has 0 aromatic carbocycles. The topological polar surface area (TPSA) is 85.1 Å². The van der Waals surface area contributed by atoms with E-state index in [0.717, 1.165) is 19.3 Å². The molecule has 1 aromatic rings. The summed E-state index contributed by atoms with van der Waals surface area (Å²) in [6.45, 7) is 0. The molecule has 5 nitrogen and oxygen atoms in total. The van der Waals surface area contributed by atoms with E-state index >= 15 is 0 Å². The second kappa shape index (κ2) is 3.69.